The van der Waals surface area contributed by atoms with Gasteiger partial charge in [0.2, 0.25) is 0 Å². The van der Waals surface area contributed by atoms with E-state index in [1.807, 2.05) is 13.8 Å². The number of carboxylic acid groups (broad SMARTS) is 2. The molecule has 1 aliphatic heterocycles. The van der Waals surface area contributed by atoms with Crippen molar-refractivity contribution in [2.24, 2.45) is 5.92 Å². The minimum Gasteiger partial charge on any atom is -0.507 e. The number of carbonyl (C=O) groups excluding carboxylic acids is 3. The van der Waals surface area contributed by atoms with Crippen molar-refractivity contribution in [3.63, 3.8) is 0 Å². The van der Waals surface area contributed by atoms with E-state index in [0.29, 0.717) is 12.0 Å². The number of rotatable bonds is 12. The summed E-state index contributed by atoms with van der Waals surface area (Å²) in [6.45, 7) is 4.96. The van der Waals surface area contributed by atoms with Gasteiger partial charge in [-0.1, -0.05) is 25.5 Å². The first kappa shape index (κ1) is 27.0. The van der Waals surface area contributed by atoms with Gasteiger partial charge < -0.3 is 24.8 Å². The summed E-state index contributed by atoms with van der Waals surface area (Å²) in [6, 6.07) is 4.01. The van der Waals surface area contributed by atoms with E-state index in [1.54, 1.807) is 6.92 Å². The highest BCUT2D eigenvalue weighted by molar-refractivity contribution is 6.51. The maximum absolute atomic E-state index is 13.9. The van der Waals surface area contributed by atoms with Gasteiger partial charge in [0.05, 0.1) is 24.9 Å². The van der Waals surface area contributed by atoms with Crippen LogP contribution >= 0.6 is 0 Å². The van der Waals surface area contributed by atoms with Crippen LogP contribution in [-0.4, -0.2) is 59.1 Å². The van der Waals surface area contributed by atoms with Gasteiger partial charge in [0.1, 0.15) is 5.82 Å². The molecule has 1 aromatic rings. The van der Waals surface area contributed by atoms with Crippen LogP contribution in [0.25, 0.3) is 0 Å². The van der Waals surface area contributed by atoms with Crippen molar-refractivity contribution >= 4 is 36.7 Å². The fourth-order valence-corrected chi connectivity index (χ4v) is 3.83. The lowest BCUT2D eigenvalue weighted by Crippen LogP contribution is -2.42. The first-order valence-corrected chi connectivity index (χ1v) is 10.7. The summed E-state index contributed by atoms with van der Waals surface area (Å²) >= 11 is 0. The highest BCUT2D eigenvalue weighted by Gasteiger charge is 2.57. The molecule has 0 spiro atoms. The number of aliphatic carboxylic acids is 2. The van der Waals surface area contributed by atoms with Gasteiger partial charge in [-0.15, -0.1) is 0 Å². The molecule has 0 aliphatic carbocycles. The SMILES string of the molecule is Cc1ccc(F)c(C(=O)NCC(=O)C[C@@H](CC(C)C)B2OC(=O)C(CC(=O)O)(CC(=O)O)O2)c1. The Bertz CT molecular complexity index is 965. The van der Waals surface area contributed by atoms with Crippen LogP contribution in [0.4, 0.5) is 4.39 Å². The Morgan fingerprint density at radius 2 is 1.76 bits per heavy atom. The second-order valence-corrected chi connectivity index (χ2v) is 8.83. The number of hydrogen-bond acceptors (Lipinski definition) is 7. The zero-order chi connectivity index (χ0) is 25.6. The average Bonchev–Trinajstić information content (AvgIpc) is 3.01. The number of hydrogen-bond donors (Lipinski definition) is 3. The predicted octanol–water partition coefficient (Wildman–Crippen LogP) is 1.99. The molecule has 1 aromatic carbocycles. The molecule has 1 heterocycles. The number of nitrogens with one attached hydrogen (secondary N) is 1. The summed E-state index contributed by atoms with van der Waals surface area (Å²) in [5.74, 6) is -6.65. The molecule has 1 saturated heterocycles. The average molecular weight is 479 g/mol. The number of Topliss-reactive ketones (excluding diaryl/α,β-unsaturated/α-hetero) is 1. The molecule has 1 amide bonds. The number of aryl methyl sites for hydroxylation is 1. The summed E-state index contributed by atoms with van der Waals surface area (Å²) in [6.07, 6.45) is -1.69. The van der Waals surface area contributed by atoms with E-state index in [-0.39, 0.29) is 17.9 Å². The fraction of sp³-hybridized carbons (Fsp3) is 0.500. The monoisotopic (exact) mass is 479 g/mol. The van der Waals surface area contributed by atoms with Crippen LogP contribution in [0.2, 0.25) is 5.82 Å². The largest absolute Gasteiger partial charge is 0.531 e. The number of halogens is 1. The molecular formula is C22H27BFNO9. The first-order chi connectivity index (χ1) is 15.8. The van der Waals surface area contributed by atoms with Crippen molar-refractivity contribution < 1.29 is 47.9 Å². The van der Waals surface area contributed by atoms with Crippen LogP contribution in [0, 0.1) is 18.7 Å². The van der Waals surface area contributed by atoms with Crippen molar-refractivity contribution in [2.45, 2.75) is 57.9 Å². The molecule has 0 aromatic heterocycles. The zero-order valence-corrected chi connectivity index (χ0v) is 19.1. The molecule has 0 saturated carbocycles. The van der Waals surface area contributed by atoms with Crippen LogP contribution < -0.4 is 5.32 Å². The second-order valence-electron chi connectivity index (χ2n) is 8.83. The van der Waals surface area contributed by atoms with E-state index in [0.717, 1.165) is 6.07 Å². The second kappa shape index (κ2) is 11.2. The maximum atomic E-state index is 13.9. The number of ketones is 1. The maximum Gasteiger partial charge on any atom is 0.531 e. The molecule has 2 rings (SSSR count). The van der Waals surface area contributed by atoms with Gasteiger partial charge in [-0.25, -0.2) is 4.39 Å². The topological polar surface area (TPSA) is 156 Å². The third-order valence-corrected chi connectivity index (χ3v) is 5.27. The van der Waals surface area contributed by atoms with Gasteiger partial charge in [0, 0.05) is 12.2 Å². The van der Waals surface area contributed by atoms with Crippen molar-refractivity contribution in [2.75, 3.05) is 6.54 Å². The van der Waals surface area contributed by atoms with E-state index in [1.165, 1.54) is 12.1 Å². The molecule has 12 heteroatoms. The molecule has 34 heavy (non-hydrogen) atoms. The minimum absolute atomic E-state index is 0.0185. The van der Waals surface area contributed by atoms with E-state index in [4.69, 9.17) is 19.5 Å². The van der Waals surface area contributed by atoms with Gasteiger partial charge >= 0.3 is 25.0 Å². The van der Waals surface area contributed by atoms with E-state index >= 15 is 0 Å². The predicted molar refractivity (Wildman–Crippen MR) is 116 cm³/mol. The molecule has 0 bridgehead atoms. The lowest BCUT2D eigenvalue weighted by atomic mass is 9.65. The Labute approximate surface area is 195 Å². The van der Waals surface area contributed by atoms with Crippen LogP contribution in [-0.2, 0) is 28.5 Å². The van der Waals surface area contributed by atoms with Crippen LogP contribution in [0.5, 0.6) is 0 Å². The molecular weight excluding hydrogens is 452 g/mol. The Balaban J connectivity index is 2.10. The highest BCUT2D eigenvalue weighted by atomic mass is 19.1. The quantitative estimate of drug-likeness (QED) is 0.382. The summed E-state index contributed by atoms with van der Waals surface area (Å²) in [5, 5.41) is 20.6. The molecule has 1 fully saturated rings. The van der Waals surface area contributed by atoms with Gasteiger partial charge in [-0.05, 0) is 31.4 Å². The van der Waals surface area contributed by atoms with Crippen molar-refractivity contribution in [3.05, 3.63) is 35.1 Å². The zero-order valence-electron chi connectivity index (χ0n) is 19.1. The third-order valence-electron chi connectivity index (χ3n) is 5.27. The standard InChI is InChI=1S/C22H27BFNO9/c1-12(2)6-14(23-33-21(32)22(34-23,9-18(27)28)10-19(29)30)8-15(26)11-25-20(31)16-7-13(3)4-5-17(16)24/h4-5,7,12,14H,6,8-11H2,1-3H3,(H,25,31)(H,27,28)(H,29,30)/t14-/m1/s1. The first-order valence-electron chi connectivity index (χ1n) is 10.7. The van der Waals surface area contributed by atoms with Crippen LogP contribution in [0.15, 0.2) is 18.2 Å². The summed E-state index contributed by atoms with van der Waals surface area (Å²) in [4.78, 5) is 59.7. The molecule has 184 valence electrons. The minimum atomic E-state index is -2.20. The van der Waals surface area contributed by atoms with Gasteiger partial charge in [-0.2, -0.15) is 0 Å². The van der Waals surface area contributed by atoms with Crippen molar-refractivity contribution in [1.29, 1.82) is 0 Å². The van der Waals surface area contributed by atoms with Crippen LogP contribution in [0.3, 0.4) is 0 Å². The lowest BCUT2D eigenvalue weighted by Gasteiger charge is -2.23. The Hall–Kier alpha value is -3.28. The van der Waals surface area contributed by atoms with E-state index in [2.05, 4.69) is 5.32 Å². The fourth-order valence-electron chi connectivity index (χ4n) is 3.83. The van der Waals surface area contributed by atoms with E-state index < -0.39 is 73.3 Å². The van der Waals surface area contributed by atoms with Gasteiger partial charge in [0.25, 0.3) is 5.91 Å². The normalized spacial score (nSPS) is 15.7. The molecule has 1 aliphatic rings. The van der Waals surface area contributed by atoms with Crippen molar-refractivity contribution in [1.82, 2.24) is 5.32 Å². The summed E-state index contributed by atoms with van der Waals surface area (Å²) in [7, 11) is -1.33. The number of benzene rings is 1. The van der Waals surface area contributed by atoms with Gasteiger partial charge in [0.15, 0.2) is 11.4 Å². The molecule has 0 unspecified atom stereocenters. The number of amides is 1. The Kier molecular flexibility index (Phi) is 8.91. The number of carboxylic acids is 2. The van der Waals surface area contributed by atoms with Crippen molar-refractivity contribution in [3.8, 4) is 0 Å². The molecule has 0 radical (unpaired) electrons. The molecule has 3 N–H and O–H groups in total. The van der Waals surface area contributed by atoms with Crippen LogP contribution in [0.1, 0.15) is 55.5 Å². The number of carbonyl (C=O) groups is 5. The van der Waals surface area contributed by atoms with Gasteiger partial charge in [-0.3, -0.25) is 24.0 Å². The Morgan fingerprint density at radius 1 is 1.15 bits per heavy atom. The summed E-state index contributed by atoms with van der Waals surface area (Å²) in [5.41, 5.74) is -1.73. The molecule has 10 nitrogen and oxygen atoms in total. The lowest BCUT2D eigenvalue weighted by molar-refractivity contribution is -0.157. The molecule has 1 atom stereocenters. The summed E-state index contributed by atoms with van der Waals surface area (Å²) < 4.78 is 24.6. The van der Waals surface area contributed by atoms with E-state index in [9.17, 15) is 28.4 Å². The third kappa shape index (κ3) is 7.11. The Morgan fingerprint density at radius 3 is 2.32 bits per heavy atom. The highest BCUT2D eigenvalue weighted by Crippen LogP contribution is 2.38. The smallest absolute Gasteiger partial charge is 0.507 e.